The Labute approximate surface area is 99.4 Å². The Kier molecular flexibility index (Phi) is 3.84. The van der Waals surface area contributed by atoms with Crippen LogP contribution in [0.25, 0.3) is 0 Å². The number of anilines is 1. The Balaban J connectivity index is 2.12. The van der Waals surface area contributed by atoms with Gasteiger partial charge in [-0.3, -0.25) is 0 Å². The molecule has 6 heteroatoms. The molecule has 1 saturated heterocycles. The lowest BCUT2D eigenvalue weighted by Crippen LogP contribution is -2.22. The molecule has 0 radical (unpaired) electrons. The van der Waals surface area contributed by atoms with Crippen molar-refractivity contribution in [2.24, 2.45) is 0 Å². The van der Waals surface area contributed by atoms with Crippen LogP contribution in [0.5, 0.6) is 5.88 Å². The molecule has 0 bridgehead atoms. The summed E-state index contributed by atoms with van der Waals surface area (Å²) in [5, 5.41) is 7.42. The number of nitrogens with zero attached hydrogens (tertiary/aromatic N) is 2. The van der Waals surface area contributed by atoms with E-state index in [1.807, 2.05) is 12.3 Å². The van der Waals surface area contributed by atoms with E-state index in [9.17, 15) is 0 Å². The SMILES string of the molecule is COc1cc(N[C@@H]2CCNC2)nc(SC)n1. The molecule has 16 heavy (non-hydrogen) atoms. The third kappa shape index (κ3) is 2.76. The van der Waals surface area contributed by atoms with Gasteiger partial charge >= 0.3 is 0 Å². The van der Waals surface area contributed by atoms with Gasteiger partial charge in [-0.25, -0.2) is 4.98 Å². The highest BCUT2D eigenvalue weighted by molar-refractivity contribution is 7.98. The fourth-order valence-corrected chi connectivity index (χ4v) is 2.03. The summed E-state index contributed by atoms with van der Waals surface area (Å²) >= 11 is 1.51. The summed E-state index contributed by atoms with van der Waals surface area (Å²) < 4.78 is 5.14. The zero-order valence-corrected chi connectivity index (χ0v) is 10.3. The molecule has 2 heterocycles. The topological polar surface area (TPSA) is 59.1 Å². The van der Waals surface area contributed by atoms with Gasteiger partial charge in [-0.15, -0.1) is 0 Å². The van der Waals surface area contributed by atoms with Gasteiger partial charge in [-0.1, -0.05) is 11.8 Å². The van der Waals surface area contributed by atoms with Crippen LogP contribution < -0.4 is 15.4 Å². The van der Waals surface area contributed by atoms with Gasteiger partial charge < -0.3 is 15.4 Å². The van der Waals surface area contributed by atoms with Crippen molar-refractivity contribution < 1.29 is 4.74 Å². The van der Waals surface area contributed by atoms with Crippen LogP contribution in [0.1, 0.15) is 6.42 Å². The maximum atomic E-state index is 5.14. The second kappa shape index (κ2) is 5.36. The Hall–Kier alpha value is -1.01. The molecular weight excluding hydrogens is 224 g/mol. The van der Waals surface area contributed by atoms with Crippen LogP contribution in [-0.4, -0.2) is 42.5 Å². The van der Waals surface area contributed by atoms with Crippen LogP contribution >= 0.6 is 11.8 Å². The molecule has 5 nitrogen and oxygen atoms in total. The summed E-state index contributed by atoms with van der Waals surface area (Å²) in [7, 11) is 1.62. The average molecular weight is 240 g/mol. The first-order chi connectivity index (χ1) is 7.81. The molecule has 0 aliphatic carbocycles. The Bertz CT molecular complexity index is 332. The molecule has 1 aromatic heterocycles. The molecule has 1 fully saturated rings. The maximum Gasteiger partial charge on any atom is 0.219 e. The molecular formula is C10H16N4OS. The molecule has 0 aromatic carbocycles. The zero-order chi connectivity index (χ0) is 11.4. The highest BCUT2D eigenvalue weighted by atomic mass is 32.2. The van der Waals surface area contributed by atoms with Crippen molar-refractivity contribution in [2.75, 3.05) is 31.8 Å². The Morgan fingerprint density at radius 3 is 3.06 bits per heavy atom. The van der Waals surface area contributed by atoms with Crippen molar-refractivity contribution in [3.63, 3.8) is 0 Å². The van der Waals surface area contributed by atoms with Gasteiger partial charge in [0.2, 0.25) is 5.88 Å². The quantitative estimate of drug-likeness (QED) is 0.604. The third-order valence-electron chi connectivity index (χ3n) is 2.49. The molecule has 0 unspecified atom stereocenters. The van der Waals surface area contributed by atoms with Crippen molar-refractivity contribution in [1.82, 2.24) is 15.3 Å². The summed E-state index contributed by atoms with van der Waals surface area (Å²) in [5.41, 5.74) is 0. The van der Waals surface area contributed by atoms with E-state index < -0.39 is 0 Å². The van der Waals surface area contributed by atoms with Crippen LogP contribution in [0.2, 0.25) is 0 Å². The van der Waals surface area contributed by atoms with Crippen LogP contribution in [0, 0.1) is 0 Å². The summed E-state index contributed by atoms with van der Waals surface area (Å²) in [6.07, 6.45) is 3.08. The van der Waals surface area contributed by atoms with Crippen LogP contribution in [-0.2, 0) is 0 Å². The Morgan fingerprint density at radius 1 is 1.56 bits per heavy atom. The zero-order valence-electron chi connectivity index (χ0n) is 9.49. The van der Waals surface area contributed by atoms with Crippen molar-refractivity contribution >= 4 is 17.6 Å². The minimum absolute atomic E-state index is 0.453. The predicted molar refractivity (Wildman–Crippen MR) is 65.3 cm³/mol. The van der Waals surface area contributed by atoms with Crippen molar-refractivity contribution in [3.8, 4) is 5.88 Å². The summed E-state index contributed by atoms with van der Waals surface area (Å²) in [5.74, 6) is 1.44. The third-order valence-corrected chi connectivity index (χ3v) is 3.03. The van der Waals surface area contributed by atoms with E-state index in [-0.39, 0.29) is 0 Å². The van der Waals surface area contributed by atoms with E-state index in [4.69, 9.17) is 4.74 Å². The molecule has 0 spiro atoms. The number of aromatic nitrogens is 2. The van der Waals surface area contributed by atoms with Gasteiger partial charge in [0.05, 0.1) is 7.11 Å². The standard InChI is InChI=1S/C10H16N4OS/c1-15-9-5-8(13-10(14-9)16-2)12-7-3-4-11-6-7/h5,7,11H,3-4,6H2,1-2H3,(H,12,13,14)/t7-/m1/s1. The maximum absolute atomic E-state index is 5.14. The van der Waals surface area contributed by atoms with Gasteiger partial charge in [-0.2, -0.15) is 4.98 Å². The van der Waals surface area contributed by atoms with Crippen molar-refractivity contribution in [3.05, 3.63) is 6.07 Å². The minimum Gasteiger partial charge on any atom is -0.481 e. The fraction of sp³-hybridized carbons (Fsp3) is 0.600. The monoisotopic (exact) mass is 240 g/mol. The lowest BCUT2D eigenvalue weighted by Gasteiger charge is -2.13. The molecule has 2 N–H and O–H groups in total. The van der Waals surface area contributed by atoms with E-state index in [0.29, 0.717) is 11.9 Å². The number of nitrogens with one attached hydrogen (secondary N) is 2. The smallest absolute Gasteiger partial charge is 0.219 e. The first kappa shape index (κ1) is 11.5. The van der Waals surface area contributed by atoms with E-state index >= 15 is 0 Å². The highest BCUT2D eigenvalue weighted by Gasteiger charge is 2.15. The Morgan fingerprint density at radius 2 is 2.44 bits per heavy atom. The molecule has 1 aliphatic heterocycles. The molecule has 0 saturated carbocycles. The largest absolute Gasteiger partial charge is 0.481 e. The fourth-order valence-electron chi connectivity index (χ4n) is 1.66. The molecule has 0 amide bonds. The van der Waals surface area contributed by atoms with Crippen molar-refractivity contribution in [2.45, 2.75) is 17.6 Å². The summed E-state index contributed by atoms with van der Waals surface area (Å²) in [4.78, 5) is 8.62. The molecule has 1 aliphatic rings. The van der Waals surface area contributed by atoms with E-state index in [1.165, 1.54) is 11.8 Å². The van der Waals surface area contributed by atoms with E-state index in [2.05, 4.69) is 20.6 Å². The minimum atomic E-state index is 0.453. The molecule has 1 aromatic rings. The van der Waals surface area contributed by atoms with Gasteiger partial charge in [0, 0.05) is 18.7 Å². The van der Waals surface area contributed by atoms with E-state index in [1.54, 1.807) is 7.11 Å². The second-order valence-electron chi connectivity index (χ2n) is 3.62. The number of hydrogen-bond donors (Lipinski definition) is 2. The number of ether oxygens (including phenoxy) is 1. The van der Waals surface area contributed by atoms with Gasteiger partial charge in [0.15, 0.2) is 5.16 Å². The van der Waals surface area contributed by atoms with Crippen LogP contribution in [0.4, 0.5) is 5.82 Å². The normalized spacial score (nSPS) is 19.8. The second-order valence-corrected chi connectivity index (χ2v) is 4.39. The molecule has 88 valence electrons. The first-order valence-corrected chi connectivity index (χ1v) is 6.48. The van der Waals surface area contributed by atoms with Crippen molar-refractivity contribution in [1.29, 1.82) is 0 Å². The number of hydrogen-bond acceptors (Lipinski definition) is 6. The average Bonchev–Trinajstić information content (AvgIpc) is 2.81. The van der Waals surface area contributed by atoms with Gasteiger partial charge in [-0.05, 0) is 19.2 Å². The number of methoxy groups -OCH3 is 1. The van der Waals surface area contributed by atoms with Crippen LogP contribution in [0.15, 0.2) is 11.2 Å². The van der Waals surface area contributed by atoms with Gasteiger partial charge in [0.1, 0.15) is 5.82 Å². The molecule has 2 rings (SSSR count). The lowest BCUT2D eigenvalue weighted by atomic mass is 10.2. The first-order valence-electron chi connectivity index (χ1n) is 5.26. The number of rotatable bonds is 4. The molecule has 1 atom stereocenters. The highest BCUT2D eigenvalue weighted by Crippen LogP contribution is 2.19. The van der Waals surface area contributed by atoms with E-state index in [0.717, 1.165) is 30.5 Å². The van der Waals surface area contributed by atoms with Crippen LogP contribution in [0.3, 0.4) is 0 Å². The lowest BCUT2D eigenvalue weighted by molar-refractivity contribution is 0.392. The summed E-state index contributed by atoms with van der Waals surface area (Å²) in [6.45, 7) is 2.05. The van der Waals surface area contributed by atoms with Gasteiger partial charge in [0.25, 0.3) is 0 Å². The summed E-state index contributed by atoms with van der Waals surface area (Å²) in [6, 6.07) is 2.28. The number of thioether (sulfide) groups is 1. The predicted octanol–water partition coefficient (Wildman–Crippen LogP) is 0.981.